The molecule has 0 aromatic heterocycles. The topological polar surface area (TPSA) is 96.9 Å². The van der Waals surface area contributed by atoms with E-state index >= 15 is 0 Å². The number of guanidine groups is 1. The van der Waals surface area contributed by atoms with Crippen LogP contribution in [-0.2, 0) is 0 Å². The lowest BCUT2D eigenvalue weighted by atomic mass is 10.1. The van der Waals surface area contributed by atoms with Gasteiger partial charge in [-0.25, -0.2) is 9.98 Å². The summed E-state index contributed by atoms with van der Waals surface area (Å²) in [6.07, 6.45) is 0. The van der Waals surface area contributed by atoms with Crippen molar-refractivity contribution in [3.05, 3.63) is 65.2 Å². The average Bonchev–Trinajstić information content (AvgIpc) is 2.54. The number of carbonyl (C=O) groups is 2. The summed E-state index contributed by atoms with van der Waals surface area (Å²) in [5.74, 6) is -0.856. The van der Waals surface area contributed by atoms with Crippen LogP contribution in [0, 0.1) is 6.92 Å². The lowest BCUT2D eigenvalue weighted by Gasteiger charge is -2.05. The third-order valence-corrected chi connectivity index (χ3v) is 3.04. The fraction of sp³-hybridized carbons (Fsp3) is 0.0588. The first-order chi connectivity index (χ1) is 11.0. The monoisotopic (exact) mass is 308 g/mol. The summed E-state index contributed by atoms with van der Waals surface area (Å²) in [6, 6.07) is 13.4. The molecule has 0 spiro atoms. The molecule has 0 aliphatic heterocycles. The summed E-state index contributed by atoms with van der Waals surface area (Å²) in [7, 11) is 0. The molecule has 0 saturated carbocycles. The fourth-order valence-electron chi connectivity index (χ4n) is 1.88. The number of nitrogens with two attached hydrogens (primary N) is 1. The molecule has 6 heteroatoms. The number of primary amides is 1. The number of nitrogens with zero attached hydrogens (tertiary/aromatic N) is 2. The molecule has 0 atom stereocenters. The van der Waals surface area contributed by atoms with Gasteiger partial charge < -0.3 is 5.73 Å². The van der Waals surface area contributed by atoms with Gasteiger partial charge in [-0.3, -0.25) is 14.9 Å². The van der Waals surface area contributed by atoms with Gasteiger partial charge in [-0.15, -0.1) is 0 Å². The molecule has 0 saturated heterocycles. The predicted octanol–water partition coefficient (Wildman–Crippen LogP) is 2.21. The van der Waals surface area contributed by atoms with Crippen molar-refractivity contribution in [3.8, 4) is 0 Å². The fourth-order valence-corrected chi connectivity index (χ4v) is 1.88. The Kier molecular flexibility index (Phi) is 4.99. The van der Waals surface area contributed by atoms with E-state index in [1.807, 2.05) is 25.1 Å². The largest absolute Gasteiger partial charge is 0.366 e. The van der Waals surface area contributed by atoms with Gasteiger partial charge in [0, 0.05) is 11.1 Å². The highest BCUT2D eigenvalue weighted by Gasteiger charge is 2.09. The molecule has 0 aliphatic rings. The Labute approximate surface area is 133 Å². The van der Waals surface area contributed by atoms with E-state index in [1.54, 1.807) is 6.07 Å². The van der Waals surface area contributed by atoms with Gasteiger partial charge in [0.1, 0.15) is 0 Å². The molecule has 6 nitrogen and oxygen atoms in total. The van der Waals surface area contributed by atoms with Crippen molar-refractivity contribution in [2.24, 2.45) is 15.7 Å². The Morgan fingerprint density at radius 3 is 2.30 bits per heavy atom. The highest BCUT2D eigenvalue weighted by Crippen LogP contribution is 2.13. The Bertz CT molecular complexity index is 779. The van der Waals surface area contributed by atoms with E-state index < -0.39 is 11.8 Å². The highest BCUT2D eigenvalue weighted by molar-refractivity contribution is 6.07. The van der Waals surface area contributed by atoms with Gasteiger partial charge in [0.2, 0.25) is 11.9 Å². The number of nitrogens with one attached hydrogen (secondary N) is 1. The maximum atomic E-state index is 12.2. The third-order valence-electron chi connectivity index (χ3n) is 3.04. The third kappa shape index (κ3) is 4.34. The first-order valence-corrected chi connectivity index (χ1v) is 6.83. The normalized spacial score (nSPS) is 10.9. The summed E-state index contributed by atoms with van der Waals surface area (Å²) in [5.41, 5.74) is 7.55. The number of aryl methyl sites for hydroxylation is 1. The minimum Gasteiger partial charge on any atom is -0.366 e. The second-order valence-electron chi connectivity index (χ2n) is 4.83. The number of amides is 2. The molecule has 2 rings (SSSR count). The van der Waals surface area contributed by atoms with Crippen molar-refractivity contribution in [1.82, 2.24) is 5.32 Å². The zero-order valence-electron chi connectivity index (χ0n) is 12.6. The summed E-state index contributed by atoms with van der Waals surface area (Å²) >= 11 is 0. The molecule has 2 aromatic carbocycles. The van der Waals surface area contributed by atoms with Gasteiger partial charge in [-0.2, -0.15) is 0 Å². The quantitative estimate of drug-likeness (QED) is 0.671. The Morgan fingerprint density at radius 1 is 1.09 bits per heavy atom. The lowest BCUT2D eigenvalue weighted by Crippen LogP contribution is -2.29. The van der Waals surface area contributed by atoms with Crippen LogP contribution in [0.15, 0.2) is 58.5 Å². The molecular formula is C17H16N4O2. The molecule has 0 fully saturated rings. The van der Waals surface area contributed by atoms with Crippen LogP contribution in [0.2, 0.25) is 0 Å². The molecule has 2 aromatic rings. The van der Waals surface area contributed by atoms with E-state index in [9.17, 15) is 9.59 Å². The molecule has 0 bridgehead atoms. The highest BCUT2D eigenvalue weighted by atomic mass is 16.2. The molecule has 0 aliphatic carbocycles. The number of hydrogen-bond acceptors (Lipinski definition) is 3. The number of rotatable bonds is 3. The van der Waals surface area contributed by atoms with Crippen LogP contribution in [0.4, 0.5) is 5.69 Å². The molecule has 2 amide bonds. The predicted molar refractivity (Wildman–Crippen MR) is 90.2 cm³/mol. The molecule has 23 heavy (non-hydrogen) atoms. The maximum absolute atomic E-state index is 12.2. The molecule has 0 heterocycles. The number of hydrogen-bond donors (Lipinski definition) is 2. The standard InChI is InChI=1S/C17H16N4O2/c1-11-4-3-5-14(10-11)20-17(19-2)21-16(23)13-8-6-12(7-9-13)15(18)22/h3-10H,2H2,1H3,(H2,18,22)(H,20,21,23). The van der Waals surface area contributed by atoms with E-state index in [0.717, 1.165) is 5.56 Å². The van der Waals surface area contributed by atoms with Crippen molar-refractivity contribution in [3.63, 3.8) is 0 Å². The number of carbonyl (C=O) groups excluding carboxylic acids is 2. The Hall–Kier alpha value is -3.28. The van der Waals surface area contributed by atoms with E-state index in [-0.39, 0.29) is 5.96 Å². The maximum Gasteiger partial charge on any atom is 0.258 e. The average molecular weight is 308 g/mol. The Morgan fingerprint density at radius 2 is 1.74 bits per heavy atom. The van der Waals surface area contributed by atoms with Gasteiger partial charge in [0.05, 0.1) is 5.69 Å². The SMILES string of the molecule is C=NC(=Nc1cccc(C)c1)NC(=O)c1ccc(C(N)=O)cc1. The van der Waals surface area contributed by atoms with E-state index in [1.165, 1.54) is 24.3 Å². The van der Waals surface area contributed by atoms with Crippen LogP contribution in [0.3, 0.4) is 0 Å². The summed E-state index contributed by atoms with van der Waals surface area (Å²) < 4.78 is 0. The first-order valence-electron chi connectivity index (χ1n) is 6.83. The summed E-state index contributed by atoms with van der Waals surface area (Å²) in [6.45, 7) is 5.35. The van der Waals surface area contributed by atoms with Crippen molar-refractivity contribution in [2.45, 2.75) is 6.92 Å². The van der Waals surface area contributed by atoms with Crippen molar-refractivity contribution in [2.75, 3.05) is 0 Å². The van der Waals surface area contributed by atoms with Gasteiger partial charge in [-0.1, -0.05) is 12.1 Å². The molecule has 0 unspecified atom stereocenters. The van der Waals surface area contributed by atoms with Crippen LogP contribution < -0.4 is 11.1 Å². The second-order valence-corrected chi connectivity index (χ2v) is 4.83. The number of benzene rings is 2. The second kappa shape index (κ2) is 7.13. The van der Waals surface area contributed by atoms with Crippen molar-refractivity contribution >= 4 is 30.2 Å². The number of aliphatic imine (C=N–C) groups is 2. The summed E-state index contributed by atoms with van der Waals surface area (Å²) in [5, 5.41) is 2.57. The van der Waals surface area contributed by atoms with Crippen molar-refractivity contribution < 1.29 is 9.59 Å². The minimum absolute atomic E-state index is 0.0968. The zero-order chi connectivity index (χ0) is 16.8. The first kappa shape index (κ1) is 16.1. The van der Waals surface area contributed by atoms with E-state index in [0.29, 0.717) is 16.8 Å². The van der Waals surface area contributed by atoms with Crippen LogP contribution in [0.1, 0.15) is 26.3 Å². The zero-order valence-corrected chi connectivity index (χ0v) is 12.6. The molecule has 116 valence electrons. The molecular weight excluding hydrogens is 292 g/mol. The van der Waals surface area contributed by atoms with Crippen LogP contribution in [0.25, 0.3) is 0 Å². The minimum atomic E-state index is -0.550. The summed E-state index contributed by atoms with van der Waals surface area (Å²) in [4.78, 5) is 31.1. The van der Waals surface area contributed by atoms with Gasteiger partial charge >= 0.3 is 0 Å². The van der Waals surface area contributed by atoms with Crippen LogP contribution >= 0.6 is 0 Å². The van der Waals surface area contributed by atoms with E-state index in [4.69, 9.17) is 5.73 Å². The Balaban J connectivity index is 2.16. The van der Waals surface area contributed by atoms with Crippen LogP contribution in [-0.4, -0.2) is 24.5 Å². The van der Waals surface area contributed by atoms with Gasteiger partial charge in [0.25, 0.3) is 5.91 Å². The van der Waals surface area contributed by atoms with Crippen LogP contribution in [0.5, 0.6) is 0 Å². The molecule has 0 radical (unpaired) electrons. The van der Waals surface area contributed by atoms with Gasteiger partial charge in [-0.05, 0) is 55.6 Å². The molecule has 3 N–H and O–H groups in total. The van der Waals surface area contributed by atoms with E-state index in [2.05, 4.69) is 22.0 Å². The smallest absolute Gasteiger partial charge is 0.258 e. The lowest BCUT2D eigenvalue weighted by molar-refractivity contribution is 0.0971. The van der Waals surface area contributed by atoms with Crippen molar-refractivity contribution in [1.29, 1.82) is 0 Å². The van der Waals surface area contributed by atoms with Gasteiger partial charge in [0.15, 0.2) is 0 Å².